The second-order valence-electron chi connectivity index (χ2n) is 6.30. The molecule has 0 atom stereocenters. The molecule has 0 saturated carbocycles. The average Bonchev–Trinajstić information content (AvgIpc) is 2.74. The second kappa shape index (κ2) is 6.33. The van der Waals surface area contributed by atoms with Gasteiger partial charge in [-0.15, -0.1) is 0 Å². The predicted molar refractivity (Wildman–Crippen MR) is 84.3 cm³/mol. The van der Waals surface area contributed by atoms with E-state index in [0.717, 1.165) is 35.6 Å². The summed E-state index contributed by atoms with van der Waals surface area (Å²) in [6.07, 6.45) is 0. The van der Waals surface area contributed by atoms with Crippen molar-refractivity contribution < 1.29 is 9.47 Å². The molecular weight excluding hydrogens is 320 g/mol. The van der Waals surface area contributed by atoms with Gasteiger partial charge < -0.3 is 19.7 Å². The van der Waals surface area contributed by atoms with Gasteiger partial charge >= 0.3 is 0 Å². The van der Waals surface area contributed by atoms with Crippen LogP contribution in [0, 0.1) is 5.41 Å². The van der Waals surface area contributed by atoms with E-state index < -0.39 is 0 Å². The first kappa shape index (κ1) is 15.6. The topological polar surface area (TPSA) is 33.7 Å². The molecule has 1 heterocycles. The van der Waals surface area contributed by atoms with Gasteiger partial charge in [0.2, 0.25) is 6.79 Å². The third-order valence-corrected chi connectivity index (χ3v) is 3.94. The summed E-state index contributed by atoms with van der Waals surface area (Å²) < 4.78 is 11.8. The van der Waals surface area contributed by atoms with Crippen LogP contribution in [0.1, 0.15) is 19.4 Å². The first-order chi connectivity index (χ1) is 9.37. The summed E-state index contributed by atoms with van der Waals surface area (Å²) in [4.78, 5) is 2.22. The van der Waals surface area contributed by atoms with Gasteiger partial charge in [0.25, 0.3) is 0 Å². The Kier molecular flexibility index (Phi) is 4.94. The molecule has 0 aliphatic carbocycles. The maximum atomic E-state index is 5.42. The highest BCUT2D eigenvalue weighted by atomic mass is 79.9. The zero-order valence-electron chi connectivity index (χ0n) is 12.6. The van der Waals surface area contributed by atoms with Crippen LogP contribution in [0.3, 0.4) is 0 Å². The summed E-state index contributed by atoms with van der Waals surface area (Å²) in [6, 6.07) is 4.02. The summed E-state index contributed by atoms with van der Waals surface area (Å²) >= 11 is 3.59. The molecule has 1 N–H and O–H groups in total. The molecule has 1 aliphatic heterocycles. The minimum Gasteiger partial charge on any atom is -0.454 e. The van der Waals surface area contributed by atoms with E-state index in [2.05, 4.69) is 54.1 Å². The van der Waals surface area contributed by atoms with Gasteiger partial charge in [-0.05, 0) is 37.2 Å². The Morgan fingerprint density at radius 2 is 1.90 bits per heavy atom. The van der Waals surface area contributed by atoms with E-state index in [9.17, 15) is 0 Å². The molecule has 0 amide bonds. The molecule has 1 aromatic rings. The van der Waals surface area contributed by atoms with Crippen LogP contribution in [0.15, 0.2) is 16.6 Å². The molecule has 1 aliphatic rings. The molecule has 0 bridgehead atoms. The number of ether oxygens (including phenoxy) is 2. The third kappa shape index (κ3) is 4.11. The Bertz CT molecular complexity index is 475. The quantitative estimate of drug-likeness (QED) is 0.861. The normalized spacial score (nSPS) is 14.1. The lowest BCUT2D eigenvalue weighted by Gasteiger charge is -2.28. The number of hydrogen-bond acceptors (Lipinski definition) is 4. The van der Waals surface area contributed by atoms with Crippen molar-refractivity contribution in [3.8, 4) is 11.5 Å². The molecule has 1 aromatic carbocycles. The van der Waals surface area contributed by atoms with Crippen molar-refractivity contribution in [2.75, 3.05) is 34.0 Å². The van der Waals surface area contributed by atoms with Crippen LogP contribution in [-0.4, -0.2) is 38.9 Å². The maximum absolute atomic E-state index is 5.42. The van der Waals surface area contributed by atoms with E-state index in [4.69, 9.17) is 9.47 Å². The van der Waals surface area contributed by atoms with Crippen molar-refractivity contribution in [1.29, 1.82) is 0 Å². The highest BCUT2D eigenvalue weighted by Gasteiger charge is 2.19. The minimum atomic E-state index is 0.242. The molecule has 0 spiro atoms. The molecule has 2 rings (SSSR count). The average molecular weight is 343 g/mol. The Morgan fingerprint density at radius 1 is 1.25 bits per heavy atom. The van der Waals surface area contributed by atoms with Crippen LogP contribution in [-0.2, 0) is 6.54 Å². The van der Waals surface area contributed by atoms with Crippen LogP contribution in [0.2, 0.25) is 0 Å². The maximum Gasteiger partial charge on any atom is 0.231 e. The zero-order chi connectivity index (χ0) is 14.8. The van der Waals surface area contributed by atoms with E-state index in [0.29, 0.717) is 6.79 Å². The molecule has 4 nitrogen and oxygen atoms in total. The lowest BCUT2D eigenvalue weighted by Crippen LogP contribution is -2.37. The molecule has 5 heteroatoms. The number of benzene rings is 1. The fourth-order valence-electron chi connectivity index (χ4n) is 2.54. The molecule has 0 fully saturated rings. The Hall–Kier alpha value is -0.780. The lowest BCUT2D eigenvalue weighted by atomic mass is 9.93. The van der Waals surface area contributed by atoms with Gasteiger partial charge in [0.1, 0.15) is 0 Å². The largest absolute Gasteiger partial charge is 0.454 e. The summed E-state index contributed by atoms with van der Waals surface area (Å²) in [5.41, 5.74) is 1.43. The SMILES string of the molecule is CN(C)CC(C)(C)CNCc1cc2c(cc1Br)OCO2. The number of hydrogen-bond donors (Lipinski definition) is 1. The van der Waals surface area contributed by atoms with Crippen LogP contribution in [0.4, 0.5) is 0 Å². The van der Waals surface area contributed by atoms with Gasteiger partial charge in [0.05, 0.1) is 0 Å². The van der Waals surface area contributed by atoms with Gasteiger partial charge in [-0.2, -0.15) is 0 Å². The van der Waals surface area contributed by atoms with Gasteiger partial charge in [-0.3, -0.25) is 0 Å². The monoisotopic (exact) mass is 342 g/mol. The third-order valence-electron chi connectivity index (χ3n) is 3.20. The number of rotatable bonds is 6. The Morgan fingerprint density at radius 3 is 2.55 bits per heavy atom. The number of nitrogens with one attached hydrogen (secondary N) is 1. The molecule has 0 unspecified atom stereocenters. The van der Waals surface area contributed by atoms with Gasteiger partial charge in [-0.25, -0.2) is 0 Å². The molecule has 0 aromatic heterocycles. The van der Waals surface area contributed by atoms with Crippen molar-refractivity contribution in [3.05, 3.63) is 22.2 Å². The zero-order valence-corrected chi connectivity index (χ0v) is 14.2. The first-order valence-electron chi connectivity index (χ1n) is 6.81. The highest BCUT2D eigenvalue weighted by Crippen LogP contribution is 2.36. The fraction of sp³-hybridized carbons (Fsp3) is 0.600. The molecular formula is C15H23BrN2O2. The summed E-state index contributed by atoms with van der Waals surface area (Å²) in [7, 11) is 4.21. The Balaban J connectivity index is 1.91. The van der Waals surface area contributed by atoms with Crippen LogP contribution < -0.4 is 14.8 Å². The highest BCUT2D eigenvalue weighted by molar-refractivity contribution is 9.10. The van der Waals surface area contributed by atoms with Gasteiger partial charge in [0, 0.05) is 24.1 Å². The van der Waals surface area contributed by atoms with Crippen molar-refractivity contribution in [1.82, 2.24) is 10.2 Å². The van der Waals surface area contributed by atoms with E-state index in [-0.39, 0.29) is 5.41 Å². The van der Waals surface area contributed by atoms with Crippen LogP contribution >= 0.6 is 15.9 Å². The number of nitrogens with zero attached hydrogens (tertiary/aromatic N) is 1. The minimum absolute atomic E-state index is 0.242. The van der Waals surface area contributed by atoms with Crippen molar-refractivity contribution >= 4 is 15.9 Å². The number of fused-ring (bicyclic) bond motifs is 1. The first-order valence-corrected chi connectivity index (χ1v) is 7.60. The predicted octanol–water partition coefficient (Wildman–Crippen LogP) is 2.86. The van der Waals surface area contributed by atoms with Gasteiger partial charge in [0.15, 0.2) is 11.5 Å². The van der Waals surface area contributed by atoms with Crippen molar-refractivity contribution in [2.24, 2.45) is 5.41 Å². The van der Waals surface area contributed by atoms with Crippen LogP contribution in [0.25, 0.3) is 0 Å². The van der Waals surface area contributed by atoms with Crippen molar-refractivity contribution in [3.63, 3.8) is 0 Å². The summed E-state index contributed by atoms with van der Waals surface area (Å²) in [5.74, 6) is 1.64. The standard InChI is InChI=1S/C15H23BrN2O2/c1-15(2,9-18(3)4)8-17-7-11-5-13-14(6-12(11)16)20-10-19-13/h5-6,17H,7-10H2,1-4H3. The fourth-order valence-corrected chi connectivity index (χ4v) is 3.00. The molecule has 112 valence electrons. The second-order valence-corrected chi connectivity index (χ2v) is 7.16. The van der Waals surface area contributed by atoms with E-state index in [1.54, 1.807) is 0 Å². The van der Waals surface area contributed by atoms with Crippen molar-refractivity contribution in [2.45, 2.75) is 20.4 Å². The molecule has 0 saturated heterocycles. The smallest absolute Gasteiger partial charge is 0.231 e. The number of halogens is 1. The molecule has 0 radical (unpaired) electrons. The van der Waals surface area contributed by atoms with E-state index in [1.165, 1.54) is 5.56 Å². The van der Waals surface area contributed by atoms with E-state index >= 15 is 0 Å². The Labute approximate surface area is 129 Å². The lowest BCUT2D eigenvalue weighted by molar-refractivity contribution is 0.174. The molecule has 20 heavy (non-hydrogen) atoms. The summed E-state index contributed by atoms with van der Waals surface area (Å²) in [6.45, 7) is 7.69. The van der Waals surface area contributed by atoms with Gasteiger partial charge in [-0.1, -0.05) is 29.8 Å². The van der Waals surface area contributed by atoms with Crippen LogP contribution in [0.5, 0.6) is 11.5 Å². The van der Waals surface area contributed by atoms with E-state index in [1.807, 2.05) is 12.1 Å². The summed E-state index contributed by atoms with van der Waals surface area (Å²) in [5, 5.41) is 3.53.